The fourth-order valence-corrected chi connectivity index (χ4v) is 3.96. The topological polar surface area (TPSA) is 0 Å². The minimum absolute atomic E-state index is 0.514. The van der Waals surface area contributed by atoms with Gasteiger partial charge in [-0.1, -0.05) is 37.6 Å². The molecule has 1 saturated carbocycles. The molecule has 2 bridgehead atoms. The van der Waals surface area contributed by atoms with Crippen LogP contribution in [0.4, 0.5) is 0 Å². The van der Waals surface area contributed by atoms with Gasteiger partial charge in [0.2, 0.25) is 0 Å². The molecule has 0 radical (unpaired) electrons. The van der Waals surface area contributed by atoms with Crippen molar-refractivity contribution in [3.63, 3.8) is 0 Å². The summed E-state index contributed by atoms with van der Waals surface area (Å²) in [5.74, 6) is 2.72. The Kier molecular flexibility index (Phi) is 1.87. The van der Waals surface area contributed by atoms with Crippen molar-refractivity contribution in [3.05, 3.63) is 24.3 Å². The zero-order valence-electron chi connectivity index (χ0n) is 9.08. The minimum Gasteiger partial charge on any atom is -0.0880 e. The molecule has 4 unspecified atom stereocenters. The van der Waals surface area contributed by atoms with Crippen molar-refractivity contribution >= 4 is 0 Å². The zero-order chi connectivity index (χ0) is 9.60. The highest BCUT2D eigenvalue weighted by Gasteiger charge is 2.50. The normalized spacial score (nSPS) is 52.5. The number of fused-ring (bicyclic) bond motifs is 5. The molecule has 0 heteroatoms. The molecule has 0 saturated heterocycles. The van der Waals surface area contributed by atoms with E-state index < -0.39 is 0 Å². The average molecular weight is 188 g/mol. The lowest BCUT2D eigenvalue weighted by molar-refractivity contribution is 0.210. The van der Waals surface area contributed by atoms with Gasteiger partial charge in [0.1, 0.15) is 0 Å². The van der Waals surface area contributed by atoms with Gasteiger partial charge in [-0.05, 0) is 48.9 Å². The van der Waals surface area contributed by atoms with Crippen LogP contribution in [0.3, 0.4) is 0 Å². The van der Waals surface area contributed by atoms with Crippen LogP contribution in [0.25, 0.3) is 0 Å². The van der Waals surface area contributed by atoms with Crippen molar-refractivity contribution in [1.29, 1.82) is 0 Å². The first-order valence-electron chi connectivity index (χ1n) is 6.17. The lowest BCUT2D eigenvalue weighted by Gasteiger charge is -2.37. The predicted molar refractivity (Wildman–Crippen MR) is 59.9 cm³/mol. The van der Waals surface area contributed by atoms with E-state index in [-0.39, 0.29) is 0 Å². The van der Waals surface area contributed by atoms with Crippen LogP contribution in [-0.2, 0) is 0 Å². The molecule has 0 aromatic carbocycles. The summed E-state index contributed by atoms with van der Waals surface area (Å²) < 4.78 is 0. The Morgan fingerprint density at radius 2 is 2.14 bits per heavy atom. The van der Waals surface area contributed by atoms with E-state index in [1.807, 2.05) is 0 Å². The van der Waals surface area contributed by atoms with Crippen molar-refractivity contribution < 1.29 is 0 Å². The van der Waals surface area contributed by atoms with E-state index in [2.05, 4.69) is 31.2 Å². The SMILES string of the molecule is CC12/C=C\CCCCC1C1C=CC2C1. The van der Waals surface area contributed by atoms with E-state index >= 15 is 0 Å². The molecule has 3 aliphatic carbocycles. The first-order chi connectivity index (χ1) is 6.81. The smallest absolute Gasteiger partial charge is 0.00497 e. The summed E-state index contributed by atoms with van der Waals surface area (Å²) in [4.78, 5) is 0. The molecule has 0 aliphatic heterocycles. The maximum atomic E-state index is 2.55. The molecule has 0 aromatic rings. The molecule has 1 fully saturated rings. The van der Waals surface area contributed by atoms with Crippen LogP contribution in [0.1, 0.15) is 39.0 Å². The fourth-order valence-electron chi connectivity index (χ4n) is 3.96. The van der Waals surface area contributed by atoms with Gasteiger partial charge in [-0.3, -0.25) is 0 Å². The summed E-state index contributed by atoms with van der Waals surface area (Å²) in [6.45, 7) is 2.49. The number of hydrogen-bond donors (Lipinski definition) is 0. The molecule has 14 heavy (non-hydrogen) atoms. The standard InChI is InChI=1S/C14H20/c1-14-9-5-3-2-4-6-13(14)11-7-8-12(14)10-11/h5,7-9,11-13H,2-4,6,10H2,1H3/b9-5-. The van der Waals surface area contributed by atoms with Crippen LogP contribution in [0.15, 0.2) is 24.3 Å². The summed E-state index contributed by atoms with van der Waals surface area (Å²) in [6.07, 6.45) is 17.0. The predicted octanol–water partition coefficient (Wildman–Crippen LogP) is 3.95. The van der Waals surface area contributed by atoms with Crippen molar-refractivity contribution in [2.45, 2.75) is 39.0 Å². The number of hydrogen-bond acceptors (Lipinski definition) is 0. The first kappa shape index (κ1) is 8.76. The lowest BCUT2D eigenvalue weighted by Crippen LogP contribution is -2.30. The van der Waals surface area contributed by atoms with Crippen molar-refractivity contribution in [1.82, 2.24) is 0 Å². The maximum Gasteiger partial charge on any atom is -0.00497 e. The molecule has 3 rings (SSSR count). The Morgan fingerprint density at radius 1 is 1.21 bits per heavy atom. The third-order valence-corrected chi connectivity index (χ3v) is 4.84. The molecule has 4 atom stereocenters. The molecule has 0 spiro atoms. The highest BCUT2D eigenvalue weighted by molar-refractivity contribution is 5.23. The van der Waals surface area contributed by atoms with Gasteiger partial charge in [-0.2, -0.15) is 0 Å². The van der Waals surface area contributed by atoms with Gasteiger partial charge in [0, 0.05) is 0 Å². The monoisotopic (exact) mass is 188 g/mol. The lowest BCUT2D eigenvalue weighted by atomic mass is 9.67. The Labute approximate surface area is 87.1 Å². The van der Waals surface area contributed by atoms with Gasteiger partial charge in [0.15, 0.2) is 0 Å². The second-order valence-electron chi connectivity index (χ2n) is 5.55. The quantitative estimate of drug-likeness (QED) is 0.505. The maximum absolute atomic E-state index is 2.55. The molecule has 76 valence electrons. The molecular formula is C14H20. The molecule has 3 aliphatic rings. The average Bonchev–Trinajstić information content (AvgIpc) is 2.68. The molecule has 0 amide bonds. The third kappa shape index (κ3) is 1.06. The first-order valence-corrected chi connectivity index (χ1v) is 6.17. The van der Waals surface area contributed by atoms with Crippen LogP contribution in [0.5, 0.6) is 0 Å². The number of allylic oxidation sites excluding steroid dienone is 4. The van der Waals surface area contributed by atoms with E-state index in [4.69, 9.17) is 0 Å². The van der Waals surface area contributed by atoms with Gasteiger partial charge >= 0.3 is 0 Å². The second-order valence-corrected chi connectivity index (χ2v) is 5.55. The Hall–Kier alpha value is -0.520. The highest BCUT2D eigenvalue weighted by atomic mass is 14.5. The molecule has 0 heterocycles. The second kappa shape index (κ2) is 2.98. The van der Waals surface area contributed by atoms with Crippen molar-refractivity contribution in [2.24, 2.45) is 23.2 Å². The summed E-state index contributed by atoms with van der Waals surface area (Å²) in [6, 6.07) is 0. The van der Waals surface area contributed by atoms with Gasteiger partial charge in [-0.25, -0.2) is 0 Å². The summed E-state index contributed by atoms with van der Waals surface area (Å²) >= 11 is 0. The molecular weight excluding hydrogens is 168 g/mol. The van der Waals surface area contributed by atoms with Gasteiger partial charge in [0.25, 0.3) is 0 Å². The molecule has 0 N–H and O–H groups in total. The largest absolute Gasteiger partial charge is 0.0880 e. The summed E-state index contributed by atoms with van der Waals surface area (Å²) in [5.41, 5.74) is 0.514. The van der Waals surface area contributed by atoms with E-state index in [9.17, 15) is 0 Å². The van der Waals surface area contributed by atoms with Gasteiger partial charge < -0.3 is 0 Å². The zero-order valence-corrected chi connectivity index (χ0v) is 9.08. The van der Waals surface area contributed by atoms with E-state index in [1.54, 1.807) is 0 Å². The van der Waals surface area contributed by atoms with E-state index in [0.29, 0.717) is 5.41 Å². The molecule has 0 nitrogen and oxygen atoms in total. The summed E-state index contributed by atoms with van der Waals surface area (Å²) in [7, 11) is 0. The van der Waals surface area contributed by atoms with Crippen LogP contribution in [0, 0.1) is 23.2 Å². The fraction of sp³-hybridized carbons (Fsp3) is 0.714. The third-order valence-electron chi connectivity index (χ3n) is 4.84. The van der Waals surface area contributed by atoms with Crippen LogP contribution < -0.4 is 0 Å². The van der Waals surface area contributed by atoms with E-state index in [1.165, 1.54) is 32.1 Å². The molecule has 0 aromatic heterocycles. The number of rotatable bonds is 0. The van der Waals surface area contributed by atoms with Crippen molar-refractivity contribution in [3.8, 4) is 0 Å². The Morgan fingerprint density at radius 3 is 3.07 bits per heavy atom. The van der Waals surface area contributed by atoms with Crippen LogP contribution >= 0.6 is 0 Å². The van der Waals surface area contributed by atoms with Crippen molar-refractivity contribution in [2.75, 3.05) is 0 Å². The van der Waals surface area contributed by atoms with Crippen LogP contribution in [-0.4, -0.2) is 0 Å². The van der Waals surface area contributed by atoms with Crippen LogP contribution in [0.2, 0.25) is 0 Å². The van der Waals surface area contributed by atoms with E-state index in [0.717, 1.165) is 17.8 Å². The Balaban J connectivity index is 1.97. The minimum atomic E-state index is 0.514. The highest BCUT2D eigenvalue weighted by Crippen LogP contribution is 2.58. The van der Waals surface area contributed by atoms with Gasteiger partial charge in [-0.15, -0.1) is 0 Å². The summed E-state index contributed by atoms with van der Waals surface area (Å²) in [5, 5.41) is 0. The van der Waals surface area contributed by atoms with Gasteiger partial charge in [0.05, 0.1) is 0 Å². The Bertz CT molecular complexity index is 286.